The zero-order valence-corrected chi connectivity index (χ0v) is 24.2. The van der Waals surface area contributed by atoms with Crippen LogP contribution in [0.15, 0.2) is 53.6 Å². The van der Waals surface area contributed by atoms with Gasteiger partial charge in [0.1, 0.15) is 10.8 Å². The lowest BCUT2D eigenvalue weighted by atomic mass is 9.95. The van der Waals surface area contributed by atoms with Crippen molar-refractivity contribution in [3.63, 3.8) is 0 Å². The van der Waals surface area contributed by atoms with Gasteiger partial charge in [-0.1, -0.05) is 12.1 Å². The SMILES string of the molecule is COc1ccc(C=NNC(=O)c2c(NC(=O)c3cccc(CN4CCN(CCO)CC4)c3)sc3c2CCCC3)cc1. The first-order valence-electron chi connectivity index (χ1n) is 14.1. The standard InChI is InChI=1S/C31H37N5O4S/c1-40-25-11-9-22(10-12-25)20-32-34-30(39)28-26-7-2-3-8-27(26)41-31(28)33-29(38)24-6-4-5-23(19-24)21-36-15-13-35(14-16-36)17-18-37/h4-6,9-12,19-20,37H,2-3,7-8,13-18,21H2,1H3,(H,33,38)(H,34,39). The largest absolute Gasteiger partial charge is 0.497 e. The monoisotopic (exact) mass is 575 g/mol. The number of amides is 2. The summed E-state index contributed by atoms with van der Waals surface area (Å²) in [4.78, 5) is 32.5. The van der Waals surface area contributed by atoms with Crippen LogP contribution in [-0.4, -0.2) is 79.4 Å². The van der Waals surface area contributed by atoms with E-state index >= 15 is 0 Å². The third-order valence-electron chi connectivity index (χ3n) is 7.60. The lowest BCUT2D eigenvalue weighted by molar-refractivity contribution is 0.0955. The number of hydrazone groups is 1. The van der Waals surface area contributed by atoms with Crippen LogP contribution in [0.2, 0.25) is 0 Å². The van der Waals surface area contributed by atoms with Crippen LogP contribution in [0.25, 0.3) is 0 Å². The Labute approximate surface area is 244 Å². The fourth-order valence-corrected chi connectivity index (χ4v) is 6.64. The number of hydrogen-bond acceptors (Lipinski definition) is 8. The Bertz CT molecular complexity index is 1380. The first-order chi connectivity index (χ1) is 20.0. The molecule has 216 valence electrons. The summed E-state index contributed by atoms with van der Waals surface area (Å²) in [5.41, 5.74) is 6.67. The number of methoxy groups -OCH3 is 1. The van der Waals surface area contributed by atoms with E-state index in [1.54, 1.807) is 13.3 Å². The molecule has 2 heterocycles. The highest BCUT2D eigenvalue weighted by Gasteiger charge is 2.27. The van der Waals surface area contributed by atoms with Crippen molar-refractivity contribution in [2.24, 2.45) is 5.10 Å². The molecule has 0 spiro atoms. The average Bonchev–Trinajstić information content (AvgIpc) is 3.36. The van der Waals surface area contributed by atoms with Crippen molar-refractivity contribution in [3.05, 3.63) is 81.2 Å². The molecule has 2 aromatic carbocycles. The molecule has 1 aliphatic heterocycles. The fraction of sp³-hybridized carbons (Fsp3) is 0.387. The minimum atomic E-state index is -0.321. The van der Waals surface area contributed by atoms with Gasteiger partial charge >= 0.3 is 0 Å². The van der Waals surface area contributed by atoms with Crippen molar-refractivity contribution in [2.75, 3.05) is 51.8 Å². The molecule has 1 aliphatic carbocycles. The number of anilines is 1. The normalized spacial score (nSPS) is 16.0. The van der Waals surface area contributed by atoms with Crippen molar-refractivity contribution in [3.8, 4) is 5.75 Å². The number of aliphatic hydroxyl groups excluding tert-OH is 1. The summed E-state index contributed by atoms with van der Waals surface area (Å²) in [6, 6.07) is 15.1. The highest BCUT2D eigenvalue weighted by Crippen LogP contribution is 2.38. The molecule has 0 unspecified atom stereocenters. The minimum Gasteiger partial charge on any atom is -0.497 e. The van der Waals surface area contributed by atoms with Crippen molar-refractivity contribution in [1.29, 1.82) is 0 Å². The summed E-state index contributed by atoms with van der Waals surface area (Å²) in [7, 11) is 1.61. The molecule has 3 N–H and O–H groups in total. The van der Waals surface area contributed by atoms with Gasteiger partial charge in [-0.05, 0) is 78.8 Å². The zero-order chi connectivity index (χ0) is 28.6. The molecule has 2 aliphatic rings. The van der Waals surface area contributed by atoms with E-state index in [2.05, 4.69) is 25.6 Å². The number of hydrogen-bond donors (Lipinski definition) is 3. The number of β-amino-alcohol motifs (C(OH)–C–C–N with tert-alkyl or cyclic N) is 1. The van der Waals surface area contributed by atoms with Gasteiger partial charge in [0.25, 0.3) is 11.8 Å². The van der Waals surface area contributed by atoms with Crippen LogP contribution in [0.3, 0.4) is 0 Å². The molecule has 3 aromatic rings. The Morgan fingerprint density at radius 1 is 1.02 bits per heavy atom. The maximum atomic E-state index is 13.4. The van der Waals surface area contributed by atoms with Crippen LogP contribution < -0.4 is 15.5 Å². The Morgan fingerprint density at radius 2 is 1.78 bits per heavy atom. The smallest absolute Gasteiger partial charge is 0.274 e. The number of aliphatic hydroxyl groups is 1. The van der Waals surface area contributed by atoms with Crippen molar-refractivity contribution in [2.45, 2.75) is 32.2 Å². The van der Waals surface area contributed by atoms with Gasteiger partial charge in [-0.2, -0.15) is 5.10 Å². The fourth-order valence-electron chi connectivity index (χ4n) is 5.36. The van der Waals surface area contributed by atoms with Gasteiger partial charge in [0.05, 0.1) is 25.5 Å². The van der Waals surface area contributed by atoms with Gasteiger partial charge in [-0.25, -0.2) is 5.43 Å². The quantitative estimate of drug-likeness (QED) is 0.251. The molecule has 0 atom stereocenters. The van der Waals surface area contributed by atoms with Crippen LogP contribution in [-0.2, 0) is 19.4 Å². The van der Waals surface area contributed by atoms with Crippen molar-refractivity contribution in [1.82, 2.24) is 15.2 Å². The van der Waals surface area contributed by atoms with E-state index in [-0.39, 0.29) is 18.4 Å². The molecule has 41 heavy (non-hydrogen) atoms. The number of rotatable bonds is 10. The second-order valence-electron chi connectivity index (χ2n) is 10.4. The number of carbonyl (C=O) groups is 2. The van der Waals surface area contributed by atoms with Gasteiger partial charge in [-0.15, -0.1) is 11.3 Å². The molecule has 0 bridgehead atoms. The number of aryl methyl sites for hydroxylation is 1. The van der Waals surface area contributed by atoms with Gasteiger partial charge in [0.2, 0.25) is 0 Å². The second kappa shape index (κ2) is 13.9. The lowest BCUT2D eigenvalue weighted by Crippen LogP contribution is -2.46. The number of nitrogens with one attached hydrogen (secondary N) is 2. The number of thiophene rings is 1. The van der Waals surface area contributed by atoms with Crippen molar-refractivity contribution >= 4 is 34.4 Å². The molecular formula is C31H37N5O4S. The number of carbonyl (C=O) groups excluding carboxylic acids is 2. The van der Waals surface area contributed by atoms with Crippen LogP contribution in [0.4, 0.5) is 5.00 Å². The zero-order valence-electron chi connectivity index (χ0n) is 23.4. The van der Waals surface area contributed by atoms with E-state index in [9.17, 15) is 14.7 Å². The predicted molar refractivity (Wildman–Crippen MR) is 162 cm³/mol. The molecule has 0 saturated carbocycles. The first kappa shape index (κ1) is 28.9. The van der Waals surface area contributed by atoms with Crippen LogP contribution in [0.1, 0.15) is 55.1 Å². The highest BCUT2D eigenvalue weighted by atomic mass is 32.1. The van der Waals surface area contributed by atoms with E-state index in [1.165, 1.54) is 11.3 Å². The summed E-state index contributed by atoms with van der Waals surface area (Å²) in [5.74, 6) is 0.201. The molecule has 1 aromatic heterocycles. The van der Waals surface area contributed by atoms with E-state index in [1.807, 2.05) is 48.5 Å². The topological polar surface area (TPSA) is 106 Å². The Hall–Kier alpha value is -3.57. The average molecular weight is 576 g/mol. The van der Waals surface area contributed by atoms with E-state index in [0.29, 0.717) is 22.7 Å². The molecule has 10 heteroatoms. The van der Waals surface area contributed by atoms with E-state index in [4.69, 9.17) is 4.74 Å². The van der Waals surface area contributed by atoms with Crippen LogP contribution in [0.5, 0.6) is 5.75 Å². The maximum absolute atomic E-state index is 13.4. The minimum absolute atomic E-state index is 0.185. The number of nitrogens with zero attached hydrogens (tertiary/aromatic N) is 3. The van der Waals surface area contributed by atoms with E-state index in [0.717, 1.165) is 85.7 Å². The second-order valence-corrected chi connectivity index (χ2v) is 11.5. The summed E-state index contributed by atoms with van der Waals surface area (Å²) >= 11 is 1.49. The van der Waals surface area contributed by atoms with Gasteiger partial charge in [-0.3, -0.25) is 19.4 Å². The maximum Gasteiger partial charge on any atom is 0.274 e. The Balaban J connectivity index is 1.27. The molecule has 5 rings (SSSR count). The molecule has 9 nitrogen and oxygen atoms in total. The first-order valence-corrected chi connectivity index (χ1v) is 14.9. The Kier molecular flexibility index (Phi) is 9.79. The highest BCUT2D eigenvalue weighted by molar-refractivity contribution is 7.17. The summed E-state index contributed by atoms with van der Waals surface area (Å²) in [6.45, 7) is 5.38. The molecule has 1 fully saturated rings. The number of fused-ring (bicyclic) bond motifs is 1. The van der Waals surface area contributed by atoms with E-state index < -0.39 is 0 Å². The van der Waals surface area contributed by atoms with Gasteiger partial charge < -0.3 is 15.2 Å². The number of benzene rings is 2. The third kappa shape index (κ3) is 7.39. The van der Waals surface area contributed by atoms with Crippen LogP contribution in [0, 0.1) is 0 Å². The van der Waals surface area contributed by atoms with Crippen LogP contribution >= 0.6 is 11.3 Å². The molecule has 2 amide bonds. The van der Waals surface area contributed by atoms with Crippen molar-refractivity contribution < 1.29 is 19.4 Å². The lowest BCUT2D eigenvalue weighted by Gasteiger charge is -2.34. The van der Waals surface area contributed by atoms with Gasteiger partial charge in [0, 0.05) is 49.7 Å². The third-order valence-corrected chi connectivity index (χ3v) is 8.80. The molecule has 0 radical (unpaired) electrons. The molecule has 1 saturated heterocycles. The number of ether oxygens (including phenoxy) is 1. The predicted octanol–water partition coefficient (Wildman–Crippen LogP) is 3.76. The Morgan fingerprint density at radius 3 is 2.54 bits per heavy atom. The summed E-state index contributed by atoms with van der Waals surface area (Å²) in [6.07, 6.45) is 5.41. The number of piperazine rings is 1. The summed E-state index contributed by atoms with van der Waals surface area (Å²) < 4.78 is 5.18. The van der Waals surface area contributed by atoms with Gasteiger partial charge in [0.15, 0.2) is 0 Å². The summed E-state index contributed by atoms with van der Waals surface area (Å²) in [5, 5.41) is 17.0. The molecular weight excluding hydrogens is 538 g/mol.